The highest BCUT2D eigenvalue weighted by Crippen LogP contribution is 2.29. The molecule has 0 radical (unpaired) electrons. The van der Waals surface area contributed by atoms with Crippen molar-refractivity contribution in [1.82, 2.24) is 0 Å². The van der Waals surface area contributed by atoms with E-state index in [2.05, 4.69) is 4.74 Å². The fourth-order valence-corrected chi connectivity index (χ4v) is 1.25. The third-order valence-corrected chi connectivity index (χ3v) is 2.05. The third-order valence-electron chi connectivity index (χ3n) is 2.05. The van der Waals surface area contributed by atoms with Crippen LogP contribution in [0.3, 0.4) is 0 Å². The van der Waals surface area contributed by atoms with Crippen molar-refractivity contribution in [2.45, 2.75) is 25.9 Å². The molecule has 2 N–H and O–H groups in total. The minimum atomic E-state index is -0.557. The molecule has 1 aliphatic carbocycles. The Kier molecular flexibility index (Phi) is 3.34. The van der Waals surface area contributed by atoms with Gasteiger partial charge in [0.1, 0.15) is 6.10 Å². The van der Waals surface area contributed by atoms with Crippen molar-refractivity contribution < 1.29 is 14.3 Å². The Hall–Kier alpha value is -0.770. The normalized spacial score (nSPS) is 27.5. The van der Waals surface area contributed by atoms with E-state index in [4.69, 9.17) is 10.5 Å². The summed E-state index contributed by atoms with van der Waals surface area (Å²) in [6.45, 7) is 2.80. The van der Waals surface area contributed by atoms with E-state index in [1.165, 1.54) is 0 Å². The van der Waals surface area contributed by atoms with Crippen molar-refractivity contribution >= 4 is 6.16 Å². The number of hydrogen-bond donors (Lipinski definition) is 1. The topological polar surface area (TPSA) is 61.5 Å². The van der Waals surface area contributed by atoms with Gasteiger partial charge < -0.3 is 15.2 Å². The van der Waals surface area contributed by atoms with Gasteiger partial charge in [-0.15, -0.1) is 0 Å². The molecular formula is C8H15NO3. The van der Waals surface area contributed by atoms with E-state index >= 15 is 0 Å². The monoisotopic (exact) mass is 173 g/mol. The molecule has 1 rings (SSSR count). The van der Waals surface area contributed by atoms with Crippen LogP contribution in [0.1, 0.15) is 19.8 Å². The van der Waals surface area contributed by atoms with Crippen LogP contribution in [0.25, 0.3) is 0 Å². The van der Waals surface area contributed by atoms with Crippen molar-refractivity contribution in [3.63, 3.8) is 0 Å². The summed E-state index contributed by atoms with van der Waals surface area (Å²) in [6, 6.07) is 0. The van der Waals surface area contributed by atoms with E-state index in [1.54, 1.807) is 6.92 Å². The van der Waals surface area contributed by atoms with Gasteiger partial charge >= 0.3 is 6.16 Å². The zero-order chi connectivity index (χ0) is 8.97. The molecule has 0 aromatic carbocycles. The molecule has 0 atom stereocenters. The maximum atomic E-state index is 10.8. The molecule has 12 heavy (non-hydrogen) atoms. The lowest BCUT2D eigenvalue weighted by atomic mass is 9.82. The summed E-state index contributed by atoms with van der Waals surface area (Å²) in [6.07, 6.45) is 1.25. The summed E-state index contributed by atoms with van der Waals surface area (Å²) >= 11 is 0. The first-order valence-electron chi connectivity index (χ1n) is 4.29. The number of carbonyl (C=O) groups excluding carboxylic acids is 1. The van der Waals surface area contributed by atoms with Gasteiger partial charge in [-0.3, -0.25) is 0 Å². The molecule has 0 aliphatic heterocycles. The first-order chi connectivity index (χ1) is 5.76. The van der Waals surface area contributed by atoms with Crippen LogP contribution < -0.4 is 5.73 Å². The molecule has 1 aliphatic rings. The molecule has 0 bridgehead atoms. The van der Waals surface area contributed by atoms with Crippen molar-refractivity contribution in [1.29, 1.82) is 0 Å². The summed E-state index contributed by atoms with van der Waals surface area (Å²) < 4.78 is 9.57. The molecule has 0 heterocycles. The van der Waals surface area contributed by atoms with Gasteiger partial charge in [0.2, 0.25) is 0 Å². The van der Waals surface area contributed by atoms with E-state index in [9.17, 15) is 4.79 Å². The van der Waals surface area contributed by atoms with Crippen LogP contribution in [0, 0.1) is 5.92 Å². The van der Waals surface area contributed by atoms with Crippen LogP contribution in [0.15, 0.2) is 0 Å². The molecule has 4 nitrogen and oxygen atoms in total. The predicted molar refractivity (Wildman–Crippen MR) is 43.7 cm³/mol. The van der Waals surface area contributed by atoms with Crippen LogP contribution in [-0.2, 0) is 9.47 Å². The maximum absolute atomic E-state index is 10.8. The van der Waals surface area contributed by atoms with Gasteiger partial charge in [-0.1, -0.05) is 0 Å². The van der Waals surface area contributed by atoms with Crippen molar-refractivity contribution in [3.05, 3.63) is 0 Å². The largest absolute Gasteiger partial charge is 0.508 e. The quantitative estimate of drug-likeness (QED) is 0.644. The smallest absolute Gasteiger partial charge is 0.435 e. The van der Waals surface area contributed by atoms with Crippen LogP contribution in [0.5, 0.6) is 0 Å². The Labute approximate surface area is 72.0 Å². The second-order valence-corrected chi connectivity index (χ2v) is 3.00. The van der Waals surface area contributed by atoms with Gasteiger partial charge in [0.15, 0.2) is 0 Å². The highest BCUT2D eigenvalue weighted by atomic mass is 16.7. The summed E-state index contributed by atoms with van der Waals surface area (Å²) in [4.78, 5) is 10.8. The first kappa shape index (κ1) is 9.32. The van der Waals surface area contributed by atoms with Gasteiger partial charge in [-0.25, -0.2) is 4.79 Å². The summed E-state index contributed by atoms with van der Waals surface area (Å²) in [7, 11) is 0. The van der Waals surface area contributed by atoms with E-state index < -0.39 is 6.16 Å². The number of carbonyl (C=O) groups is 1. The van der Waals surface area contributed by atoms with Crippen molar-refractivity contribution in [2.24, 2.45) is 11.7 Å². The van der Waals surface area contributed by atoms with Crippen LogP contribution in [-0.4, -0.2) is 25.4 Å². The molecular weight excluding hydrogens is 158 g/mol. The second-order valence-electron chi connectivity index (χ2n) is 3.00. The zero-order valence-electron chi connectivity index (χ0n) is 7.29. The fourth-order valence-electron chi connectivity index (χ4n) is 1.25. The standard InChI is InChI=1S/C8H15NO3/c1-2-11-8(10)12-7-3-6(4-7)5-9/h6-7H,2-5,9H2,1H3. The van der Waals surface area contributed by atoms with Gasteiger partial charge in [0.05, 0.1) is 6.61 Å². The molecule has 0 spiro atoms. The van der Waals surface area contributed by atoms with E-state index in [0.717, 1.165) is 12.8 Å². The highest BCUT2D eigenvalue weighted by molar-refractivity contribution is 5.60. The lowest BCUT2D eigenvalue weighted by Gasteiger charge is -2.33. The zero-order valence-corrected chi connectivity index (χ0v) is 7.29. The van der Waals surface area contributed by atoms with Crippen LogP contribution in [0.2, 0.25) is 0 Å². The number of nitrogens with two attached hydrogens (primary N) is 1. The van der Waals surface area contributed by atoms with Crippen LogP contribution in [0.4, 0.5) is 4.79 Å². The second kappa shape index (κ2) is 4.30. The average molecular weight is 173 g/mol. The van der Waals surface area contributed by atoms with Crippen LogP contribution >= 0.6 is 0 Å². The number of hydrogen-bond acceptors (Lipinski definition) is 4. The number of ether oxygens (including phenoxy) is 2. The summed E-state index contributed by atoms with van der Waals surface area (Å²) in [5.41, 5.74) is 5.41. The Morgan fingerprint density at radius 1 is 1.58 bits per heavy atom. The van der Waals surface area contributed by atoms with Gasteiger partial charge in [0, 0.05) is 0 Å². The summed E-state index contributed by atoms with van der Waals surface area (Å²) in [5, 5.41) is 0. The molecule has 1 fully saturated rings. The van der Waals surface area contributed by atoms with E-state index in [0.29, 0.717) is 19.1 Å². The summed E-state index contributed by atoms with van der Waals surface area (Å²) in [5.74, 6) is 0.532. The third kappa shape index (κ3) is 2.37. The Bertz CT molecular complexity index is 154. The van der Waals surface area contributed by atoms with Gasteiger partial charge in [-0.05, 0) is 32.2 Å². The first-order valence-corrected chi connectivity index (χ1v) is 4.29. The Balaban J connectivity index is 2.06. The maximum Gasteiger partial charge on any atom is 0.508 e. The van der Waals surface area contributed by atoms with Gasteiger partial charge in [0.25, 0.3) is 0 Å². The Morgan fingerprint density at radius 2 is 2.25 bits per heavy atom. The molecule has 0 saturated heterocycles. The molecule has 0 aromatic heterocycles. The van der Waals surface area contributed by atoms with Gasteiger partial charge in [-0.2, -0.15) is 0 Å². The predicted octanol–water partition coefficient (Wildman–Crippen LogP) is 0.897. The number of rotatable bonds is 3. The van der Waals surface area contributed by atoms with Crippen molar-refractivity contribution in [2.75, 3.05) is 13.2 Å². The minimum absolute atomic E-state index is 0.0394. The molecule has 0 amide bonds. The van der Waals surface area contributed by atoms with E-state index in [-0.39, 0.29) is 6.10 Å². The molecule has 1 saturated carbocycles. The lowest BCUT2D eigenvalue weighted by Crippen LogP contribution is -2.37. The Morgan fingerprint density at radius 3 is 2.75 bits per heavy atom. The average Bonchev–Trinajstić information content (AvgIpc) is 1.96. The van der Waals surface area contributed by atoms with E-state index in [1.807, 2.05) is 0 Å². The lowest BCUT2D eigenvalue weighted by molar-refractivity contribution is -0.0221. The highest BCUT2D eigenvalue weighted by Gasteiger charge is 2.31. The minimum Gasteiger partial charge on any atom is -0.435 e. The molecule has 4 heteroatoms. The van der Waals surface area contributed by atoms with Crippen molar-refractivity contribution in [3.8, 4) is 0 Å². The molecule has 70 valence electrons. The molecule has 0 unspecified atom stereocenters. The SMILES string of the molecule is CCOC(=O)OC1CC(CN)C1. The fraction of sp³-hybridized carbons (Fsp3) is 0.875. The molecule has 0 aromatic rings.